The number of aliphatic imine (C=N–C) groups is 1. The van der Waals surface area contributed by atoms with Gasteiger partial charge in [0, 0.05) is 17.3 Å². The highest BCUT2D eigenvalue weighted by Gasteiger charge is 2.42. The van der Waals surface area contributed by atoms with Gasteiger partial charge in [-0.25, -0.2) is 9.79 Å². The van der Waals surface area contributed by atoms with E-state index >= 15 is 0 Å². The number of esters is 1. The number of allylic oxidation sites excluding steroid dienone is 1. The Morgan fingerprint density at radius 3 is 2.64 bits per heavy atom. The number of likely N-dealkylation sites (tertiary alicyclic amines) is 1. The molecule has 0 aromatic heterocycles. The molecule has 176 valence electrons. The predicted octanol–water partition coefficient (Wildman–Crippen LogP) is 3.04. The van der Waals surface area contributed by atoms with E-state index in [1.54, 1.807) is 7.11 Å². The number of benzene rings is 1. The van der Waals surface area contributed by atoms with Gasteiger partial charge in [-0.3, -0.25) is 4.79 Å². The van der Waals surface area contributed by atoms with Crippen LogP contribution >= 0.6 is 11.8 Å². The Morgan fingerprint density at radius 1 is 1.21 bits per heavy atom. The number of hydrogen-bond acceptors (Lipinski definition) is 8. The average Bonchev–Trinajstić information content (AvgIpc) is 3.20. The van der Waals surface area contributed by atoms with E-state index in [9.17, 15) is 9.59 Å². The molecule has 1 amide bonds. The van der Waals surface area contributed by atoms with Crippen LogP contribution in [-0.2, 0) is 14.3 Å². The van der Waals surface area contributed by atoms with E-state index in [1.165, 1.54) is 18.9 Å². The van der Waals surface area contributed by atoms with Crippen molar-refractivity contribution in [3.8, 4) is 5.75 Å². The number of piperidine rings is 1. The van der Waals surface area contributed by atoms with Gasteiger partial charge in [-0.2, -0.15) is 0 Å². The standard InChI is InChI=1S/C24H30N4O4S/c1-15-21(23(30)32-4)22(18-7-5-6-8-19(18)31-3)28-17(14-33-24(28)25-15)13-20(29)26-16-9-11-27(2)12-10-16/h5-8,14,16,22H,9-13H2,1-4H3,(H,26,29)/t22-/m1/s1. The lowest BCUT2D eigenvalue weighted by Crippen LogP contribution is -2.44. The Kier molecular flexibility index (Phi) is 7.09. The highest BCUT2D eigenvalue weighted by atomic mass is 32.2. The van der Waals surface area contributed by atoms with Crippen LogP contribution in [-0.4, -0.2) is 67.2 Å². The first-order valence-corrected chi connectivity index (χ1v) is 11.9. The number of methoxy groups -OCH3 is 2. The van der Waals surface area contributed by atoms with Crippen LogP contribution in [0.4, 0.5) is 0 Å². The summed E-state index contributed by atoms with van der Waals surface area (Å²) in [5.41, 5.74) is 2.65. The summed E-state index contributed by atoms with van der Waals surface area (Å²) < 4.78 is 10.7. The molecule has 3 aliphatic rings. The predicted molar refractivity (Wildman–Crippen MR) is 129 cm³/mol. The molecule has 3 heterocycles. The van der Waals surface area contributed by atoms with Gasteiger partial charge in [-0.15, -0.1) is 0 Å². The molecular formula is C24H30N4O4S. The Hall–Kier alpha value is -2.78. The SMILES string of the molecule is COC(=O)C1=C(C)N=C2SC=C(CC(=O)NC3CCN(C)CC3)N2[C@@H]1c1ccccc1OC. The zero-order valence-corrected chi connectivity index (χ0v) is 20.3. The highest BCUT2D eigenvalue weighted by molar-refractivity contribution is 8.16. The van der Waals surface area contributed by atoms with E-state index < -0.39 is 12.0 Å². The molecule has 1 aromatic rings. The molecule has 1 N–H and O–H groups in total. The van der Waals surface area contributed by atoms with Crippen molar-refractivity contribution in [3.05, 3.63) is 52.2 Å². The van der Waals surface area contributed by atoms with Gasteiger partial charge >= 0.3 is 5.97 Å². The molecule has 1 fully saturated rings. The van der Waals surface area contributed by atoms with Gasteiger partial charge in [-0.05, 0) is 51.4 Å². The summed E-state index contributed by atoms with van der Waals surface area (Å²) in [4.78, 5) is 34.7. The molecule has 9 heteroatoms. The summed E-state index contributed by atoms with van der Waals surface area (Å²) in [5, 5.41) is 5.86. The van der Waals surface area contributed by atoms with Crippen molar-refractivity contribution in [3.63, 3.8) is 0 Å². The number of nitrogens with one attached hydrogen (secondary N) is 1. The Balaban J connectivity index is 1.63. The van der Waals surface area contributed by atoms with Crippen molar-refractivity contribution in [2.45, 2.75) is 38.3 Å². The number of rotatable bonds is 6. The first-order valence-electron chi connectivity index (χ1n) is 11.1. The molecule has 0 spiro atoms. The minimum absolute atomic E-state index is 0.0256. The number of thioether (sulfide) groups is 1. The van der Waals surface area contributed by atoms with Crippen LogP contribution in [0.25, 0.3) is 0 Å². The van der Waals surface area contributed by atoms with Crippen LogP contribution in [0.1, 0.15) is 37.8 Å². The Morgan fingerprint density at radius 2 is 1.94 bits per heavy atom. The highest BCUT2D eigenvalue weighted by Crippen LogP contribution is 2.46. The van der Waals surface area contributed by atoms with Gasteiger partial charge in [0.2, 0.25) is 5.91 Å². The number of nitrogens with zero attached hydrogens (tertiary/aromatic N) is 3. The van der Waals surface area contributed by atoms with Crippen molar-refractivity contribution in [1.29, 1.82) is 0 Å². The van der Waals surface area contributed by atoms with E-state index in [-0.39, 0.29) is 18.4 Å². The quantitative estimate of drug-likeness (QED) is 0.640. The molecule has 0 unspecified atom stereocenters. The van der Waals surface area contributed by atoms with Crippen LogP contribution in [0.15, 0.2) is 51.6 Å². The molecule has 1 atom stereocenters. The number of fused-ring (bicyclic) bond motifs is 1. The second-order valence-corrected chi connectivity index (χ2v) is 9.28. The molecule has 0 aliphatic carbocycles. The number of carbonyl (C=O) groups is 2. The number of hydrogen-bond donors (Lipinski definition) is 1. The molecule has 4 rings (SSSR count). The first-order chi connectivity index (χ1) is 15.9. The molecule has 3 aliphatic heterocycles. The monoisotopic (exact) mass is 470 g/mol. The van der Waals surface area contributed by atoms with Crippen LogP contribution in [0, 0.1) is 0 Å². The minimum Gasteiger partial charge on any atom is -0.496 e. The molecule has 0 radical (unpaired) electrons. The number of para-hydroxylation sites is 1. The number of amidine groups is 1. The van der Waals surface area contributed by atoms with Crippen LogP contribution in [0.5, 0.6) is 5.75 Å². The molecule has 0 saturated carbocycles. The van der Waals surface area contributed by atoms with E-state index in [2.05, 4.69) is 22.3 Å². The summed E-state index contributed by atoms with van der Waals surface area (Å²) in [6, 6.07) is 7.28. The maximum Gasteiger partial charge on any atom is 0.338 e. The van der Waals surface area contributed by atoms with Crippen molar-refractivity contribution in [2.75, 3.05) is 34.4 Å². The minimum atomic E-state index is -0.501. The van der Waals surface area contributed by atoms with Crippen molar-refractivity contribution < 1.29 is 19.1 Å². The molecule has 0 bridgehead atoms. The Bertz CT molecular complexity index is 1030. The normalized spacial score (nSPS) is 21.3. The summed E-state index contributed by atoms with van der Waals surface area (Å²) >= 11 is 1.46. The van der Waals surface area contributed by atoms with Crippen LogP contribution in [0.2, 0.25) is 0 Å². The van der Waals surface area contributed by atoms with Crippen LogP contribution < -0.4 is 10.1 Å². The van der Waals surface area contributed by atoms with Crippen molar-refractivity contribution in [2.24, 2.45) is 4.99 Å². The van der Waals surface area contributed by atoms with Crippen molar-refractivity contribution >= 4 is 28.8 Å². The molecular weight excluding hydrogens is 440 g/mol. The lowest BCUT2D eigenvalue weighted by Gasteiger charge is -2.36. The van der Waals surface area contributed by atoms with Gasteiger partial charge in [0.15, 0.2) is 5.17 Å². The third kappa shape index (κ3) is 4.79. The summed E-state index contributed by atoms with van der Waals surface area (Å²) in [6.45, 7) is 3.77. The zero-order valence-electron chi connectivity index (χ0n) is 19.5. The van der Waals surface area contributed by atoms with Gasteiger partial charge in [0.25, 0.3) is 0 Å². The number of ether oxygens (including phenoxy) is 2. The summed E-state index contributed by atoms with van der Waals surface area (Å²) in [5.74, 6) is 0.186. The largest absolute Gasteiger partial charge is 0.496 e. The molecule has 8 nitrogen and oxygen atoms in total. The summed E-state index contributed by atoms with van der Waals surface area (Å²) in [7, 11) is 5.07. The average molecular weight is 471 g/mol. The van der Waals surface area contributed by atoms with Gasteiger partial charge in [0.05, 0.1) is 38.0 Å². The fraction of sp³-hybridized carbons (Fsp3) is 0.458. The fourth-order valence-electron chi connectivity index (χ4n) is 4.52. The molecule has 1 aromatic carbocycles. The van der Waals surface area contributed by atoms with E-state index in [1.807, 2.05) is 41.5 Å². The first kappa shape index (κ1) is 23.4. The zero-order chi connectivity index (χ0) is 23.5. The number of amides is 1. The van der Waals surface area contributed by atoms with E-state index in [4.69, 9.17) is 9.47 Å². The van der Waals surface area contributed by atoms with E-state index in [0.29, 0.717) is 17.0 Å². The Labute approximate surface area is 198 Å². The fourth-order valence-corrected chi connectivity index (χ4v) is 5.49. The van der Waals surface area contributed by atoms with E-state index in [0.717, 1.165) is 42.4 Å². The maximum absolute atomic E-state index is 13.0. The van der Waals surface area contributed by atoms with Gasteiger partial charge in [0.1, 0.15) is 5.75 Å². The topological polar surface area (TPSA) is 83.5 Å². The smallest absolute Gasteiger partial charge is 0.338 e. The van der Waals surface area contributed by atoms with Crippen molar-refractivity contribution in [1.82, 2.24) is 15.1 Å². The third-order valence-corrected chi connectivity index (χ3v) is 7.15. The molecule has 1 saturated heterocycles. The number of carbonyl (C=O) groups excluding carboxylic acids is 2. The second kappa shape index (κ2) is 10.0. The third-order valence-electron chi connectivity index (χ3n) is 6.26. The maximum atomic E-state index is 13.0. The van der Waals surface area contributed by atoms with Gasteiger partial charge in [-0.1, -0.05) is 30.0 Å². The molecule has 33 heavy (non-hydrogen) atoms. The summed E-state index contributed by atoms with van der Waals surface area (Å²) in [6.07, 6.45) is 2.10. The lowest BCUT2D eigenvalue weighted by atomic mass is 9.93. The second-order valence-electron chi connectivity index (χ2n) is 8.45. The van der Waals surface area contributed by atoms with Crippen LogP contribution in [0.3, 0.4) is 0 Å². The van der Waals surface area contributed by atoms with Gasteiger partial charge < -0.3 is 24.6 Å². The lowest BCUT2D eigenvalue weighted by molar-refractivity contribution is -0.136.